The number of hydrogen-bond donors (Lipinski definition) is 2. The van der Waals surface area contributed by atoms with Crippen molar-refractivity contribution in [2.24, 2.45) is 0 Å². The molecule has 76 valence electrons. The van der Waals surface area contributed by atoms with E-state index < -0.39 is 0 Å². The average Bonchev–Trinajstić information content (AvgIpc) is 2.09. The number of pyridine rings is 1. The first-order chi connectivity index (χ1) is 6.65. The van der Waals surface area contributed by atoms with Crippen molar-refractivity contribution in [2.45, 2.75) is 31.9 Å². The number of aliphatic hydroxyl groups is 1. The van der Waals surface area contributed by atoms with Crippen molar-refractivity contribution in [2.75, 3.05) is 5.32 Å². The summed E-state index contributed by atoms with van der Waals surface area (Å²) in [5.41, 5.74) is 1.17. The molecule has 0 aromatic carbocycles. The lowest BCUT2D eigenvalue weighted by Gasteiger charge is -2.32. The summed E-state index contributed by atoms with van der Waals surface area (Å²) in [4.78, 5) is 4.25. The largest absolute Gasteiger partial charge is 0.393 e. The van der Waals surface area contributed by atoms with Gasteiger partial charge in [-0.25, -0.2) is 4.98 Å². The molecule has 1 aromatic rings. The van der Waals surface area contributed by atoms with Crippen LogP contribution in [0.1, 0.15) is 18.4 Å². The van der Waals surface area contributed by atoms with Gasteiger partial charge in [0.2, 0.25) is 0 Å². The number of nitrogens with zero attached hydrogens (tertiary/aromatic N) is 1. The Kier molecular flexibility index (Phi) is 2.74. The third-order valence-electron chi connectivity index (χ3n) is 2.51. The molecule has 2 rings (SSSR count). The average molecular weight is 257 g/mol. The predicted molar refractivity (Wildman–Crippen MR) is 59.3 cm³/mol. The van der Waals surface area contributed by atoms with E-state index >= 15 is 0 Å². The van der Waals surface area contributed by atoms with Crippen molar-refractivity contribution in [1.82, 2.24) is 4.98 Å². The summed E-state index contributed by atoms with van der Waals surface area (Å²) in [6, 6.07) is 2.40. The molecule has 0 aliphatic heterocycles. The number of hydrogen-bond acceptors (Lipinski definition) is 3. The first-order valence-electron chi connectivity index (χ1n) is 4.72. The van der Waals surface area contributed by atoms with Crippen molar-refractivity contribution in [3.05, 3.63) is 22.3 Å². The van der Waals surface area contributed by atoms with Crippen LogP contribution in [-0.4, -0.2) is 22.2 Å². The van der Waals surface area contributed by atoms with Crippen LogP contribution in [0.3, 0.4) is 0 Å². The van der Waals surface area contributed by atoms with Crippen molar-refractivity contribution in [3.8, 4) is 0 Å². The Morgan fingerprint density at radius 2 is 2.29 bits per heavy atom. The summed E-state index contributed by atoms with van der Waals surface area (Å²) in [5.74, 6) is 0.891. The van der Waals surface area contributed by atoms with Gasteiger partial charge in [0.15, 0.2) is 0 Å². The smallest absolute Gasteiger partial charge is 0.126 e. The van der Waals surface area contributed by atoms with Crippen LogP contribution in [0.5, 0.6) is 0 Å². The Morgan fingerprint density at radius 1 is 1.57 bits per heavy atom. The molecule has 0 atom stereocenters. The minimum Gasteiger partial charge on any atom is -0.393 e. The van der Waals surface area contributed by atoms with Gasteiger partial charge in [0.25, 0.3) is 0 Å². The van der Waals surface area contributed by atoms with Crippen molar-refractivity contribution >= 4 is 21.7 Å². The molecule has 0 unspecified atom stereocenters. The molecule has 0 bridgehead atoms. The fourth-order valence-corrected chi connectivity index (χ4v) is 1.75. The molecule has 0 saturated heterocycles. The van der Waals surface area contributed by atoms with E-state index in [0.29, 0.717) is 6.04 Å². The number of nitrogens with one attached hydrogen (secondary N) is 1. The highest BCUT2D eigenvalue weighted by Crippen LogP contribution is 2.24. The maximum absolute atomic E-state index is 9.13. The number of aliphatic hydroxyl groups excluding tert-OH is 1. The molecule has 4 heteroatoms. The van der Waals surface area contributed by atoms with Crippen LogP contribution >= 0.6 is 15.9 Å². The van der Waals surface area contributed by atoms with Gasteiger partial charge in [0.1, 0.15) is 5.82 Å². The second-order valence-corrected chi connectivity index (χ2v) is 4.64. The zero-order valence-electron chi connectivity index (χ0n) is 8.00. The molecule has 1 aromatic heterocycles. The Balaban J connectivity index is 2.00. The normalized spacial score (nSPS) is 25.6. The fourth-order valence-electron chi connectivity index (χ4n) is 1.53. The molecule has 1 fully saturated rings. The fraction of sp³-hybridized carbons (Fsp3) is 0.500. The van der Waals surface area contributed by atoms with E-state index in [4.69, 9.17) is 5.11 Å². The third-order valence-corrected chi connectivity index (χ3v) is 3.34. The lowest BCUT2D eigenvalue weighted by atomic mass is 9.89. The second-order valence-electron chi connectivity index (χ2n) is 3.79. The minimum atomic E-state index is -0.121. The summed E-state index contributed by atoms with van der Waals surface area (Å²) in [7, 11) is 0. The number of rotatable bonds is 2. The topological polar surface area (TPSA) is 45.1 Å². The summed E-state index contributed by atoms with van der Waals surface area (Å²) >= 11 is 3.41. The minimum absolute atomic E-state index is 0.121. The SMILES string of the molecule is Cc1cc(NC2CC(O)C2)ncc1Br. The van der Waals surface area contributed by atoms with E-state index in [1.54, 1.807) is 6.20 Å². The third kappa shape index (κ3) is 2.07. The summed E-state index contributed by atoms with van der Waals surface area (Å²) in [6.07, 6.45) is 3.34. The Morgan fingerprint density at radius 3 is 2.86 bits per heavy atom. The monoisotopic (exact) mass is 256 g/mol. The van der Waals surface area contributed by atoms with E-state index in [2.05, 4.69) is 26.2 Å². The molecular formula is C10H13BrN2O. The van der Waals surface area contributed by atoms with E-state index in [9.17, 15) is 0 Å². The molecule has 0 radical (unpaired) electrons. The van der Waals surface area contributed by atoms with E-state index in [1.165, 1.54) is 5.56 Å². The van der Waals surface area contributed by atoms with Crippen molar-refractivity contribution in [1.29, 1.82) is 0 Å². The van der Waals surface area contributed by atoms with Crippen molar-refractivity contribution in [3.63, 3.8) is 0 Å². The number of aryl methyl sites for hydroxylation is 1. The lowest BCUT2D eigenvalue weighted by molar-refractivity contribution is 0.0835. The second kappa shape index (κ2) is 3.87. The van der Waals surface area contributed by atoms with E-state index in [0.717, 1.165) is 23.1 Å². The highest BCUT2D eigenvalue weighted by Gasteiger charge is 2.27. The quantitative estimate of drug-likeness (QED) is 0.852. The molecule has 1 saturated carbocycles. The highest BCUT2D eigenvalue weighted by molar-refractivity contribution is 9.10. The van der Waals surface area contributed by atoms with Crippen molar-refractivity contribution < 1.29 is 5.11 Å². The Labute approximate surface area is 91.7 Å². The van der Waals surface area contributed by atoms with E-state index in [1.807, 2.05) is 13.0 Å². The van der Waals surface area contributed by atoms with Crippen LogP contribution in [0.4, 0.5) is 5.82 Å². The van der Waals surface area contributed by atoms with Crippen LogP contribution < -0.4 is 5.32 Å². The zero-order chi connectivity index (χ0) is 10.1. The lowest BCUT2D eigenvalue weighted by Crippen LogP contribution is -2.39. The zero-order valence-corrected chi connectivity index (χ0v) is 9.58. The van der Waals surface area contributed by atoms with Gasteiger partial charge in [0, 0.05) is 16.7 Å². The molecule has 3 nitrogen and oxygen atoms in total. The van der Waals surface area contributed by atoms with Crippen LogP contribution in [-0.2, 0) is 0 Å². The van der Waals surface area contributed by atoms with E-state index in [-0.39, 0.29) is 6.10 Å². The van der Waals surface area contributed by atoms with Gasteiger partial charge < -0.3 is 10.4 Å². The molecule has 0 spiro atoms. The summed E-state index contributed by atoms with van der Waals surface area (Å²) in [6.45, 7) is 2.03. The number of aromatic nitrogens is 1. The Hall–Kier alpha value is -0.610. The number of anilines is 1. The summed E-state index contributed by atoms with van der Waals surface area (Å²) in [5, 5.41) is 12.4. The predicted octanol–water partition coefficient (Wildman–Crippen LogP) is 2.09. The van der Waals surface area contributed by atoms with Gasteiger partial charge >= 0.3 is 0 Å². The first-order valence-corrected chi connectivity index (χ1v) is 5.51. The maximum atomic E-state index is 9.13. The number of halogens is 1. The van der Waals surface area contributed by atoms with Gasteiger partial charge in [-0.15, -0.1) is 0 Å². The van der Waals surface area contributed by atoms with Gasteiger partial charge in [-0.2, -0.15) is 0 Å². The van der Waals surface area contributed by atoms with Crippen LogP contribution in [0.25, 0.3) is 0 Å². The summed E-state index contributed by atoms with van der Waals surface area (Å²) < 4.78 is 1.02. The molecular weight excluding hydrogens is 244 g/mol. The van der Waals surface area contributed by atoms with Crippen LogP contribution in [0, 0.1) is 6.92 Å². The van der Waals surface area contributed by atoms with Crippen LogP contribution in [0.15, 0.2) is 16.7 Å². The van der Waals surface area contributed by atoms with Gasteiger partial charge in [-0.1, -0.05) is 0 Å². The van der Waals surface area contributed by atoms with Gasteiger partial charge in [0.05, 0.1) is 6.10 Å². The van der Waals surface area contributed by atoms with Gasteiger partial charge in [-0.3, -0.25) is 0 Å². The maximum Gasteiger partial charge on any atom is 0.126 e. The standard InChI is InChI=1S/C10H13BrN2O/c1-6-2-10(12-5-9(6)11)13-7-3-8(14)4-7/h2,5,7-8,14H,3-4H2,1H3,(H,12,13). The Bertz CT molecular complexity index is 337. The van der Waals surface area contributed by atoms with Crippen LogP contribution in [0.2, 0.25) is 0 Å². The molecule has 1 aliphatic rings. The highest BCUT2D eigenvalue weighted by atomic mass is 79.9. The molecule has 1 heterocycles. The molecule has 2 N–H and O–H groups in total. The van der Waals surface area contributed by atoms with Gasteiger partial charge in [-0.05, 0) is 47.3 Å². The molecule has 0 amide bonds. The molecule has 1 aliphatic carbocycles. The molecule has 14 heavy (non-hydrogen) atoms. The first kappa shape index (κ1) is 9.93.